The van der Waals surface area contributed by atoms with Crippen molar-refractivity contribution in [1.82, 2.24) is 0 Å². The molecular weight excluding hydrogens is 761 g/mol. The van der Waals surface area contributed by atoms with Crippen molar-refractivity contribution in [2.45, 2.75) is 116 Å². The number of allylic oxidation sites excluding steroid dienone is 1. The molecule has 0 N–H and O–H groups in total. The second-order valence-corrected chi connectivity index (χ2v) is 26.0. The van der Waals surface area contributed by atoms with Crippen LogP contribution in [0.2, 0.25) is 19.6 Å². The van der Waals surface area contributed by atoms with Gasteiger partial charge in [0.1, 0.15) is 0 Å². The summed E-state index contributed by atoms with van der Waals surface area (Å²) in [5, 5.41) is 4.40. The van der Waals surface area contributed by atoms with Gasteiger partial charge in [0.2, 0.25) is 11.4 Å². The van der Waals surface area contributed by atoms with Gasteiger partial charge in [0.25, 0.3) is 0 Å². The Hall–Kier alpha value is -4.64. The molecule has 2 aliphatic heterocycles. The van der Waals surface area contributed by atoms with E-state index in [1.807, 2.05) is 11.3 Å². The molecule has 4 aromatic carbocycles. The minimum atomic E-state index is -1.68. The molecule has 304 valence electrons. The van der Waals surface area contributed by atoms with Gasteiger partial charge < -0.3 is 0 Å². The van der Waals surface area contributed by atoms with Gasteiger partial charge in [0, 0.05) is 55.0 Å². The molecule has 7 aromatic rings. The van der Waals surface area contributed by atoms with Crippen LogP contribution in [0.15, 0.2) is 122 Å². The highest BCUT2D eigenvalue weighted by atomic mass is 32.1. The molecule has 2 nitrogen and oxygen atoms in total. The number of fused-ring (bicyclic) bond motifs is 13. The molecule has 1 fully saturated rings. The van der Waals surface area contributed by atoms with E-state index in [0.717, 1.165) is 25.2 Å². The third-order valence-electron chi connectivity index (χ3n) is 14.8. The van der Waals surface area contributed by atoms with Crippen LogP contribution in [0.1, 0.15) is 106 Å². The van der Waals surface area contributed by atoms with Gasteiger partial charge in [0.05, 0.1) is 20.1 Å². The lowest BCUT2D eigenvalue weighted by Crippen LogP contribution is -2.54. The minimum absolute atomic E-state index is 0.271. The Bertz CT molecular complexity index is 2760. The van der Waals surface area contributed by atoms with Crippen molar-refractivity contribution in [3.05, 3.63) is 144 Å². The van der Waals surface area contributed by atoms with Crippen molar-refractivity contribution in [3.63, 3.8) is 0 Å². The van der Waals surface area contributed by atoms with Crippen LogP contribution in [0.25, 0.3) is 59.5 Å². The van der Waals surface area contributed by atoms with E-state index in [9.17, 15) is 0 Å². The van der Waals surface area contributed by atoms with E-state index in [4.69, 9.17) is 6.58 Å². The third-order valence-corrected chi connectivity index (χ3v) is 18.1. The summed E-state index contributed by atoms with van der Waals surface area (Å²) in [5.41, 5.74) is 15.3. The first-order valence-electron chi connectivity index (χ1n) is 23.0. The molecule has 10 rings (SSSR count). The molecule has 1 saturated carbocycles. The van der Waals surface area contributed by atoms with E-state index in [0.29, 0.717) is 17.8 Å². The van der Waals surface area contributed by atoms with Gasteiger partial charge in [-0.1, -0.05) is 133 Å². The molecule has 3 aromatic heterocycles. The largest absolute Gasteiger partial charge is 0.218 e. The van der Waals surface area contributed by atoms with Gasteiger partial charge in [-0.2, -0.15) is 9.13 Å². The zero-order valence-corrected chi connectivity index (χ0v) is 38.5. The minimum Gasteiger partial charge on any atom is -0.194 e. The number of pyridine rings is 2. The van der Waals surface area contributed by atoms with E-state index in [1.54, 1.807) is 10.8 Å². The van der Waals surface area contributed by atoms with Gasteiger partial charge in [0.15, 0.2) is 24.1 Å². The molecule has 5 heterocycles. The highest BCUT2D eigenvalue weighted by Gasteiger charge is 2.44. The van der Waals surface area contributed by atoms with Gasteiger partial charge >= 0.3 is 0 Å². The first-order valence-corrected chi connectivity index (χ1v) is 27.3. The van der Waals surface area contributed by atoms with Crippen LogP contribution in [0.3, 0.4) is 0 Å². The molecule has 1 aliphatic carbocycles. The summed E-state index contributed by atoms with van der Waals surface area (Å²) in [6.45, 7) is 19.8. The number of thiophene rings is 1. The van der Waals surface area contributed by atoms with Gasteiger partial charge in [-0.05, 0) is 101 Å². The average Bonchev–Trinajstić information content (AvgIpc) is 3.64. The lowest BCUT2D eigenvalue weighted by molar-refractivity contribution is -0.719. The molecule has 3 atom stereocenters. The van der Waals surface area contributed by atoms with Crippen molar-refractivity contribution < 1.29 is 9.13 Å². The van der Waals surface area contributed by atoms with Crippen LogP contribution in [-0.2, 0) is 12.8 Å². The number of benzene rings is 4. The van der Waals surface area contributed by atoms with Gasteiger partial charge in [-0.15, -0.1) is 11.3 Å². The highest BCUT2D eigenvalue weighted by Crippen LogP contribution is 2.47. The summed E-state index contributed by atoms with van der Waals surface area (Å²) in [4.78, 5) is 0. The number of aromatic nitrogens is 2. The fraction of sp³-hybridized carbons (Fsp3) is 0.357. The number of aryl methyl sites for hydroxylation is 1. The molecule has 0 spiro atoms. The Labute approximate surface area is 363 Å². The fourth-order valence-corrected chi connectivity index (χ4v) is 14.1. The summed E-state index contributed by atoms with van der Waals surface area (Å²) in [6, 6.07) is 40.1. The van der Waals surface area contributed by atoms with Crippen molar-refractivity contribution >= 4 is 50.5 Å². The molecule has 4 heteroatoms. The number of nitrogens with zero attached hydrogens (tertiary/aromatic N) is 2. The molecule has 3 aliphatic rings. The molecular formula is C56H62N2SSi+2. The zero-order chi connectivity index (χ0) is 41.3. The summed E-state index contributed by atoms with van der Waals surface area (Å²) in [5.74, 6) is 2.18. The summed E-state index contributed by atoms with van der Waals surface area (Å²) >= 11 is 1.99. The maximum absolute atomic E-state index is 4.99. The summed E-state index contributed by atoms with van der Waals surface area (Å²) in [6.07, 6.45) is 16.2. The Kier molecular flexibility index (Phi) is 10.3. The standard InChI is InChI=1S/C56H62N2SSi/c1-36(2)38(4)41-28-29-57-37(3)30-51-46(44-20-14-15-21-45(44)53-34-43(31-39-16-10-8-11-17-39)55(35-58(51)53)60(5,6)7)23-25-48-47(52(57)33-41)24-26-49-50-32-42(40-18-12-9-13-19-40)22-27-54(50)59-56(48)49/h9,12-15,18-22,24,26-29,32-36,38-39,46,51H,3,8,10-11,16-17,23,25,30-31H2,1-2,4-7H3/q+2. The van der Waals surface area contributed by atoms with E-state index in [-0.39, 0.29) is 6.04 Å². The Morgan fingerprint density at radius 3 is 2.32 bits per heavy atom. The van der Waals surface area contributed by atoms with Crippen molar-refractivity contribution in [3.8, 4) is 33.6 Å². The molecule has 60 heavy (non-hydrogen) atoms. The maximum Gasteiger partial charge on any atom is 0.218 e. The first kappa shape index (κ1) is 39.5. The summed E-state index contributed by atoms with van der Waals surface area (Å²) in [7, 11) is -1.68. The topological polar surface area (TPSA) is 7.76 Å². The third kappa shape index (κ3) is 7.02. The fourth-order valence-electron chi connectivity index (χ4n) is 11.2. The lowest BCUT2D eigenvalue weighted by Gasteiger charge is -2.33. The van der Waals surface area contributed by atoms with Crippen molar-refractivity contribution in [2.75, 3.05) is 0 Å². The maximum atomic E-state index is 4.99. The molecule has 0 amide bonds. The summed E-state index contributed by atoms with van der Waals surface area (Å²) < 4.78 is 8.04. The molecule has 3 unspecified atom stereocenters. The van der Waals surface area contributed by atoms with Crippen LogP contribution in [0.4, 0.5) is 0 Å². The van der Waals surface area contributed by atoms with Crippen LogP contribution in [-0.4, -0.2) is 8.07 Å². The number of rotatable bonds is 6. The zero-order valence-electron chi connectivity index (χ0n) is 36.7. The van der Waals surface area contributed by atoms with Gasteiger partial charge in [-0.25, -0.2) is 0 Å². The monoisotopic (exact) mass is 822 g/mol. The van der Waals surface area contributed by atoms with Gasteiger partial charge in [-0.3, -0.25) is 0 Å². The molecule has 0 saturated heterocycles. The smallest absolute Gasteiger partial charge is 0.194 e. The molecule has 0 radical (unpaired) electrons. The Morgan fingerprint density at radius 2 is 1.53 bits per heavy atom. The predicted octanol–water partition coefficient (Wildman–Crippen LogP) is 14.2. The SMILES string of the molecule is C=C1CC2C(CCc3c(ccc4c3sc3ccc(-c5ccccc5)cc34)-c3cc(C(C)C(C)C)cc[n+]31)c1ccccc1-c1cc(CC3CCCCC3)c([Si](C)(C)C)c[n+]12. The second kappa shape index (κ2) is 15.7. The Morgan fingerprint density at radius 1 is 0.750 bits per heavy atom. The van der Waals surface area contributed by atoms with Crippen LogP contribution in [0.5, 0.6) is 0 Å². The van der Waals surface area contributed by atoms with E-state index < -0.39 is 8.07 Å². The highest BCUT2D eigenvalue weighted by molar-refractivity contribution is 7.26. The average molecular weight is 823 g/mol. The lowest BCUT2D eigenvalue weighted by atomic mass is 9.77. The quantitative estimate of drug-likeness (QED) is 0.117. The van der Waals surface area contributed by atoms with Crippen molar-refractivity contribution in [1.29, 1.82) is 0 Å². The van der Waals surface area contributed by atoms with Crippen molar-refractivity contribution in [2.24, 2.45) is 11.8 Å². The van der Waals surface area contributed by atoms with E-state index >= 15 is 0 Å². The normalized spacial score (nSPS) is 18.8. The molecule has 0 bridgehead atoms. The van der Waals surface area contributed by atoms with Crippen LogP contribution in [0, 0.1) is 11.8 Å². The second-order valence-electron chi connectivity index (χ2n) is 19.9. The predicted molar refractivity (Wildman–Crippen MR) is 259 cm³/mol. The van der Waals surface area contributed by atoms with E-state index in [2.05, 4.69) is 165 Å². The Balaban J connectivity index is 1.17. The number of hydrogen-bond acceptors (Lipinski definition) is 1. The van der Waals surface area contributed by atoms with Crippen LogP contribution >= 0.6 is 11.3 Å². The van der Waals surface area contributed by atoms with E-state index in [1.165, 1.54) is 115 Å². The van der Waals surface area contributed by atoms with Crippen LogP contribution < -0.4 is 14.3 Å². The first-order chi connectivity index (χ1) is 29.0. The number of hydrogen-bond donors (Lipinski definition) is 0.